The molecule has 0 radical (unpaired) electrons. The Morgan fingerprint density at radius 3 is 2.56 bits per heavy atom. The van der Waals surface area contributed by atoms with Gasteiger partial charge in [0.25, 0.3) is 12.0 Å². The molecule has 0 saturated carbocycles. The zero-order valence-electron chi connectivity index (χ0n) is 8.62. The van der Waals surface area contributed by atoms with Gasteiger partial charge in [-0.1, -0.05) is 6.92 Å². The van der Waals surface area contributed by atoms with Crippen LogP contribution in [-0.2, 0) is 13.1 Å². The summed E-state index contributed by atoms with van der Waals surface area (Å²) in [6, 6.07) is 0. The summed E-state index contributed by atoms with van der Waals surface area (Å²) in [6.45, 7) is 1.43. The molecule has 0 aliphatic carbocycles. The zero-order chi connectivity index (χ0) is 12.3. The highest BCUT2D eigenvalue weighted by atomic mass is 127. The number of hydrogen-bond acceptors (Lipinski definition) is 2. The summed E-state index contributed by atoms with van der Waals surface area (Å²) in [5, 5.41) is 0. The molecular formula is C9H11F2IN2O2. The van der Waals surface area contributed by atoms with Gasteiger partial charge in [0.1, 0.15) is 0 Å². The standard InChI is InChI=1S/C9H11F2IN2O2/c1-2-3-13-4-6(12)8(15)14(9(13)16)5-7(10)11/h4,7H,2-3,5H2,1H3. The van der Waals surface area contributed by atoms with Gasteiger partial charge in [-0.25, -0.2) is 13.6 Å². The summed E-state index contributed by atoms with van der Waals surface area (Å²) in [7, 11) is 0. The Balaban J connectivity index is 3.34. The Morgan fingerprint density at radius 1 is 1.44 bits per heavy atom. The van der Waals surface area contributed by atoms with E-state index in [1.54, 1.807) is 22.6 Å². The number of nitrogens with zero attached hydrogens (tertiary/aromatic N) is 2. The topological polar surface area (TPSA) is 44.0 Å². The van der Waals surface area contributed by atoms with E-state index in [0.29, 0.717) is 17.5 Å². The highest BCUT2D eigenvalue weighted by Gasteiger charge is 2.13. The monoisotopic (exact) mass is 344 g/mol. The summed E-state index contributed by atoms with van der Waals surface area (Å²) in [5.74, 6) is 0. The Labute approximate surface area is 104 Å². The molecule has 0 atom stereocenters. The molecule has 7 heteroatoms. The van der Waals surface area contributed by atoms with Gasteiger partial charge in [0.05, 0.1) is 10.1 Å². The highest BCUT2D eigenvalue weighted by molar-refractivity contribution is 14.1. The predicted octanol–water partition coefficient (Wildman–Crippen LogP) is 1.29. The second kappa shape index (κ2) is 5.55. The van der Waals surface area contributed by atoms with Crippen molar-refractivity contribution in [1.29, 1.82) is 0 Å². The molecule has 1 heterocycles. The van der Waals surface area contributed by atoms with Gasteiger partial charge >= 0.3 is 5.69 Å². The lowest BCUT2D eigenvalue weighted by atomic mass is 10.4. The number of aryl methyl sites for hydroxylation is 1. The van der Waals surface area contributed by atoms with Crippen molar-refractivity contribution in [1.82, 2.24) is 9.13 Å². The minimum absolute atomic E-state index is 0.270. The molecular weight excluding hydrogens is 333 g/mol. The third kappa shape index (κ3) is 2.89. The molecule has 0 aromatic carbocycles. The molecule has 1 aromatic heterocycles. The van der Waals surface area contributed by atoms with Gasteiger partial charge in [0.15, 0.2) is 0 Å². The summed E-state index contributed by atoms with van der Waals surface area (Å²) < 4.78 is 26.6. The average molecular weight is 344 g/mol. The number of rotatable bonds is 4. The van der Waals surface area contributed by atoms with Crippen LogP contribution in [0.25, 0.3) is 0 Å². The molecule has 0 saturated heterocycles. The van der Waals surface area contributed by atoms with Gasteiger partial charge in [0.2, 0.25) is 0 Å². The SMILES string of the molecule is CCCn1cc(I)c(=O)n(CC(F)F)c1=O. The molecule has 0 spiro atoms. The smallest absolute Gasteiger partial charge is 0.299 e. The Bertz CT molecular complexity index is 481. The maximum Gasteiger partial charge on any atom is 0.331 e. The van der Waals surface area contributed by atoms with Gasteiger partial charge in [-0.2, -0.15) is 0 Å². The number of halogens is 3. The van der Waals surface area contributed by atoms with Crippen molar-refractivity contribution in [3.05, 3.63) is 30.6 Å². The fraction of sp³-hybridized carbons (Fsp3) is 0.556. The van der Waals surface area contributed by atoms with Gasteiger partial charge in [-0.15, -0.1) is 0 Å². The van der Waals surface area contributed by atoms with Gasteiger partial charge < -0.3 is 0 Å². The van der Waals surface area contributed by atoms with Gasteiger partial charge in [0, 0.05) is 12.7 Å². The molecule has 0 unspecified atom stereocenters. The van der Waals surface area contributed by atoms with Crippen molar-refractivity contribution in [2.24, 2.45) is 0 Å². The van der Waals surface area contributed by atoms with Crippen LogP contribution in [0.2, 0.25) is 0 Å². The van der Waals surface area contributed by atoms with E-state index in [4.69, 9.17) is 0 Å². The van der Waals surface area contributed by atoms with Crippen LogP contribution in [0, 0.1) is 3.57 Å². The first-order valence-electron chi connectivity index (χ1n) is 4.75. The molecule has 0 aliphatic heterocycles. The van der Waals surface area contributed by atoms with Crippen molar-refractivity contribution in [3.8, 4) is 0 Å². The minimum atomic E-state index is -2.71. The third-order valence-electron chi connectivity index (χ3n) is 1.98. The van der Waals surface area contributed by atoms with Crippen molar-refractivity contribution in [2.45, 2.75) is 32.9 Å². The third-order valence-corrected chi connectivity index (χ3v) is 2.72. The first-order valence-corrected chi connectivity index (χ1v) is 5.83. The second-order valence-electron chi connectivity index (χ2n) is 3.26. The Hall–Kier alpha value is -0.730. The molecule has 0 aliphatic rings. The second-order valence-corrected chi connectivity index (χ2v) is 4.42. The van der Waals surface area contributed by atoms with Crippen LogP contribution < -0.4 is 11.2 Å². The quantitative estimate of drug-likeness (QED) is 0.773. The van der Waals surface area contributed by atoms with Gasteiger partial charge in [-0.05, 0) is 29.0 Å². The van der Waals surface area contributed by atoms with Crippen LogP contribution >= 0.6 is 22.6 Å². The van der Waals surface area contributed by atoms with E-state index in [2.05, 4.69) is 0 Å². The maximum atomic E-state index is 12.2. The van der Waals surface area contributed by atoms with Crippen LogP contribution in [0.3, 0.4) is 0 Å². The fourth-order valence-corrected chi connectivity index (χ4v) is 1.95. The Morgan fingerprint density at radius 2 is 2.06 bits per heavy atom. The predicted molar refractivity (Wildman–Crippen MR) is 64.0 cm³/mol. The lowest BCUT2D eigenvalue weighted by Crippen LogP contribution is -2.42. The van der Waals surface area contributed by atoms with Crippen molar-refractivity contribution >= 4 is 22.6 Å². The maximum absolute atomic E-state index is 12.2. The van der Waals surface area contributed by atoms with Crippen LogP contribution in [0.1, 0.15) is 13.3 Å². The summed E-state index contributed by atoms with van der Waals surface area (Å²) in [6.07, 6.45) is -0.613. The zero-order valence-corrected chi connectivity index (χ0v) is 10.8. The van der Waals surface area contributed by atoms with E-state index in [0.717, 1.165) is 0 Å². The van der Waals surface area contributed by atoms with Crippen molar-refractivity contribution in [2.75, 3.05) is 0 Å². The van der Waals surface area contributed by atoms with E-state index in [1.165, 1.54) is 10.8 Å². The van der Waals surface area contributed by atoms with Crippen molar-refractivity contribution in [3.63, 3.8) is 0 Å². The van der Waals surface area contributed by atoms with E-state index in [-0.39, 0.29) is 3.57 Å². The van der Waals surface area contributed by atoms with Gasteiger partial charge in [-0.3, -0.25) is 13.9 Å². The van der Waals surface area contributed by atoms with Crippen LogP contribution in [0.5, 0.6) is 0 Å². The van der Waals surface area contributed by atoms with Crippen molar-refractivity contribution < 1.29 is 8.78 Å². The van der Waals surface area contributed by atoms with E-state index < -0.39 is 24.2 Å². The molecule has 4 nitrogen and oxygen atoms in total. The Kier molecular flexibility index (Phi) is 4.63. The summed E-state index contributed by atoms with van der Waals surface area (Å²) >= 11 is 1.74. The number of alkyl halides is 2. The lowest BCUT2D eigenvalue weighted by Gasteiger charge is -2.09. The average Bonchev–Trinajstić information content (AvgIpc) is 2.21. The number of hydrogen-bond donors (Lipinski definition) is 0. The lowest BCUT2D eigenvalue weighted by molar-refractivity contribution is 0.122. The molecule has 0 bridgehead atoms. The molecule has 0 fully saturated rings. The largest absolute Gasteiger partial charge is 0.331 e. The summed E-state index contributed by atoms with van der Waals surface area (Å²) in [5.41, 5.74) is -1.33. The van der Waals surface area contributed by atoms with E-state index in [9.17, 15) is 18.4 Å². The molecule has 0 N–H and O–H groups in total. The first-order chi connectivity index (χ1) is 7.47. The molecule has 16 heavy (non-hydrogen) atoms. The molecule has 90 valence electrons. The first kappa shape index (κ1) is 13.3. The number of aromatic nitrogens is 2. The highest BCUT2D eigenvalue weighted by Crippen LogP contribution is 1.98. The summed E-state index contributed by atoms with van der Waals surface area (Å²) in [4.78, 5) is 23.1. The van der Waals surface area contributed by atoms with E-state index >= 15 is 0 Å². The van der Waals surface area contributed by atoms with E-state index in [1.807, 2.05) is 6.92 Å². The molecule has 1 aromatic rings. The van der Waals surface area contributed by atoms with Crippen LogP contribution in [-0.4, -0.2) is 15.6 Å². The van der Waals surface area contributed by atoms with Crippen LogP contribution in [0.15, 0.2) is 15.8 Å². The van der Waals surface area contributed by atoms with Crippen LogP contribution in [0.4, 0.5) is 8.78 Å². The normalized spacial score (nSPS) is 11.1. The minimum Gasteiger partial charge on any atom is -0.299 e. The fourth-order valence-electron chi connectivity index (χ4n) is 1.32. The molecule has 1 rings (SSSR count). The molecule has 0 amide bonds.